The van der Waals surface area contributed by atoms with E-state index in [0.29, 0.717) is 0 Å². The number of aromatic hydroxyl groups is 2. The molecular formula is C20H26O2. The van der Waals surface area contributed by atoms with E-state index in [2.05, 4.69) is 13.8 Å². The van der Waals surface area contributed by atoms with E-state index in [0.717, 1.165) is 44.5 Å². The van der Waals surface area contributed by atoms with Crippen LogP contribution in [-0.4, -0.2) is 10.2 Å². The highest BCUT2D eigenvalue weighted by Gasteiger charge is 2.23. The predicted octanol–water partition coefficient (Wildman–Crippen LogP) is 5.23. The zero-order valence-corrected chi connectivity index (χ0v) is 14.9. The molecular weight excluding hydrogens is 272 g/mol. The van der Waals surface area contributed by atoms with E-state index in [9.17, 15) is 10.2 Å². The smallest absolute Gasteiger partial charge is 0.127 e. The summed E-state index contributed by atoms with van der Waals surface area (Å²) in [6, 6.07) is 0. The Morgan fingerprint density at radius 2 is 0.591 bits per heavy atom. The van der Waals surface area contributed by atoms with E-state index in [1.54, 1.807) is 0 Å². The van der Waals surface area contributed by atoms with Crippen LogP contribution in [0.1, 0.15) is 44.5 Å². The second kappa shape index (κ2) is 5.35. The molecule has 0 atom stereocenters. The van der Waals surface area contributed by atoms with Gasteiger partial charge in [-0.05, 0) is 99.9 Å². The Morgan fingerprint density at radius 3 is 0.864 bits per heavy atom. The Hall–Kier alpha value is -1.96. The van der Waals surface area contributed by atoms with E-state index in [-0.39, 0.29) is 11.5 Å². The van der Waals surface area contributed by atoms with Gasteiger partial charge in [-0.25, -0.2) is 0 Å². The molecule has 0 bridgehead atoms. The number of phenolic OH excluding ortho intramolecular Hbond substituents is 2. The van der Waals surface area contributed by atoms with Crippen LogP contribution in [-0.2, 0) is 0 Å². The summed E-state index contributed by atoms with van der Waals surface area (Å²) in [6.07, 6.45) is 0. The van der Waals surface area contributed by atoms with Crippen molar-refractivity contribution in [3.05, 3.63) is 44.5 Å². The van der Waals surface area contributed by atoms with Crippen molar-refractivity contribution < 1.29 is 10.2 Å². The maximum Gasteiger partial charge on any atom is 0.127 e. The van der Waals surface area contributed by atoms with Gasteiger partial charge in [-0.3, -0.25) is 0 Å². The molecule has 0 aliphatic heterocycles. The molecule has 0 aromatic heterocycles. The minimum atomic E-state index is 0.279. The molecule has 2 N–H and O–H groups in total. The van der Waals surface area contributed by atoms with Crippen LogP contribution in [0, 0.1) is 55.4 Å². The predicted molar refractivity (Wildman–Crippen MR) is 93.1 cm³/mol. The molecule has 22 heavy (non-hydrogen) atoms. The maximum absolute atomic E-state index is 10.7. The third-order valence-corrected chi connectivity index (χ3v) is 5.56. The lowest BCUT2D eigenvalue weighted by Gasteiger charge is -2.22. The van der Waals surface area contributed by atoms with Crippen LogP contribution in [0.2, 0.25) is 0 Å². The van der Waals surface area contributed by atoms with Gasteiger partial charge in [0.2, 0.25) is 0 Å². The van der Waals surface area contributed by atoms with Crippen LogP contribution in [0.25, 0.3) is 11.1 Å². The first-order chi connectivity index (χ1) is 10.1. The van der Waals surface area contributed by atoms with E-state index < -0.39 is 0 Å². The number of benzene rings is 2. The average molecular weight is 298 g/mol. The third-order valence-electron chi connectivity index (χ3n) is 5.56. The molecule has 2 rings (SSSR count). The number of hydrogen-bond donors (Lipinski definition) is 2. The molecule has 2 nitrogen and oxygen atoms in total. The van der Waals surface area contributed by atoms with Crippen molar-refractivity contribution in [2.45, 2.75) is 55.4 Å². The van der Waals surface area contributed by atoms with Crippen LogP contribution < -0.4 is 0 Å². The fraction of sp³-hybridized carbons (Fsp3) is 0.400. The topological polar surface area (TPSA) is 40.5 Å². The zero-order valence-electron chi connectivity index (χ0n) is 14.9. The first-order valence-corrected chi connectivity index (χ1v) is 7.70. The van der Waals surface area contributed by atoms with Gasteiger partial charge >= 0.3 is 0 Å². The lowest BCUT2D eigenvalue weighted by atomic mass is 9.84. The highest BCUT2D eigenvalue weighted by Crippen LogP contribution is 2.46. The zero-order chi connectivity index (χ0) is 16.9. The summed E-state index contributed by atoms with van der Waals surface area (Å²) in [5.74, 6) is 0.559. The summed E-state index contributed by atoms with van der Waals surface area (Å²) in [6.45, 7) is 16.1. The fourth-order valence-electron chi connectivity index (χ4n) is 3.20. The SMILES string of the molecule is Cc1c(C)c(C)c(-c2c(C)c(C)c(C)c(C)c2O)c(O)c1C. The minimum Gasteiger partial charge on any atom is -0.507 e. The van der Waals surface area contributed by atoms with Gasteiger partial charge in [0, 0.05) is 11.1 Å². The molecule has 0 saturated carbocycles. The van der Waals surface area contributed by atoms with Crippen molar-refractivity contribution in [2.75, 3.05) is 0 Å². The van der Waals surface area contributed by atoms with Crippen molar-refractivity contribution in [3.8, 4) is 22.6 Å². The Kier molecular flexibility index (Phi) is 3.99. The summed E-state index contributed by atoms with van der Waals surface area (Å²) in [5, 5.41) is 21.5. The Bertz CT molecular complexity index is 658. The molecule has 2 aromatic rings. The summed E-state index contributed by atoms with van der Waals surface area (Å²) < 4.78 is 0. The molecule has 2 heteroatoms. The monoisotopic (exact) mass is 298 g/mol. The van der Waals surface area contributed by atoms with Gasteiger partial charge in [0.1, 0.15) is 11.5 Å². The fourth-order valence-corrected chi connectivity index (χ4v) is 3.20. The van der Waals surface area contributed by atoms with Crippen LogP contribution in [0.3, 0.4) is 0 Å². The second-order valence-electron chi connectivity index (χ2n) is 6.45. The lowest BCUT2D eigenvalue weighted by Crippen LogP contribution is -2.01. The van der Waals surface area contributed by atoms with Gasteiger partial charge in [0.05, 0.1) is 0 Å². The van der Waals surface area contributed by atoms with Crippen LogP contribution >= 0.6 is 0 Å². The summed E-state index contributed by atoms with van der Waals surface area (Å²) >= 11 is 0. The normalized spacial score (nSPS) is 11.1. The number of rotatable bonds is 1. The maximum atomic E-state index is 10.7. The summed E-state index contributed by atoms with van der Waals surface area (Å²) in [7, 11) is 0. The van der Waals surface area contributed by atoms with Crippen molar-refractivity contribution in [1.29, 1.82) is 0 Å². The molecule has 0 aliphatic rings. The molecule has 0 radical (unpaired) electrons. The first kappa shape index (κ1) is 16.4. The van der Waals surface area contributed by atoms with E-state index in [1.807, 2.05) is 41.5 Å². The molecule has 0 saturated heterocycles. The highest BCUT2D eigenvalue weighted by molar-refractivity contribution is 5.85. The van der Waals surface area contributed by atoms with Crippen molar-refractivity contribution >= 4 is 0 Å². The standard InChI is InChI=1S/C20H26O2/c1-9-11(3)15(7)19(21)17(13(9)5)18-14(6)10(2)12(4)16(8)20(18)22/h21-22H,1-8H3. The highest BCUT2D eigenvalue weighted by atomic mass is 16.3. The Balaban J connectivity index is 3.03. The average Bonchev–Trinajstić information content (AvgIpc) is 2.50. The van der Waals surface area contributed by atoms with E-state index in [4.69, 9.17) is 0 Å². The molecule has 0 fully saturated rings. The molecule has 2 aromatic carbocycles. The molecule has 0 heterocycles. The van der Waals surface area contributed by atoms with Gasteiger partial charge in [0.15, 0.2) is 0 Å². The third kappa shape index (κ3) is 2.09. The molecule has 0 amide bonds. The Labute approximate surface area is 133 Å². The van der Waals surface area contributed by atoms with Crippen LogP contribution in [0.15, 0.2) is 0 Å². The first-order valence-electron chi connectivity index (χ1n) is 7.70. The summed E-state index contributed by atoms with van der Waals surface area (Å²) in [5.41, 5.74) is 9.90. The lowest BCUT2D eigenvalue weighted by molar-refractivity contribution is 0.463. The second-order valence-corrected chi connectivity index (χ2v) is 6.45. The van der Waals surface area contributed by atoms with Gasteiger partial charge < -0.3 is 10.2 Å². The number of hydrogen-bond acceptors (Lipinski definition) is 2. The van der Waals surface area contributed by atoms with Crippen molar-refractivity contribution in [2.24, 2.45) is 0 Å². The largest absolute Gasteiger partial charge is 0.507 e. The quantitative estimate of drug-likeness (QED) is 0.756. The van der Waals surface area contributed by atoms with Crippen molar-refractivity contribution in [1.82, 2.24) is 0 Å². The van der Waals surface area contributed by atoms with E-state index >= 15 is 0 Å². The molecule has 0 spiro atoms. The van der Waals surface area contributed by atoms with Crippen molar-refractivity contribution in [3.63, 3.8) is 0 Å². The van der Waals surface area contributed by atoms with Gasteiger partial charge in [-0.2, -0.15) is 0 Å². The van der Waals surface area contributed by atoms with Crippen LogP contribution in [0.5, 0.6) is 11.5 Å². The van der Waals surface area contributed by atoms with Gasteiger partial charge in [-0.1, -0.05) is 0 Å². The van der Waals surface area contributed by atoms with Gasteiger partial charge in [-0.15, -0.1) is 0 Å². The molecule has 0 aliphatic carbocycles. The summed E-state index contributed by atoms with van der Waals surface area (Å²) in [4.78, 5) is 0. The molecule has 0 unspecified atom stereocenters. The minimum absolute atomic E-state index is 0.279. The number of phenols is 2. The van der Waals surface area contributed by atoms with E-state index in [1.165, 1.54) is 11.1 Å². The van der Waals surface area contributed by atoms with Crippen LogP contribution in [0.4, 0.5) is 0 Å². The molecule has 118 valence electrons. The van der Waals surface area contributed by atoms with Gasteiger partial charge in [0.25, 0.3) is 0 Å². The Morgan fingerprint density at radius 1 is 0.364 bits per heavy atom.